The fourth-order valence-corrected chi connectivity index (χ4v) is 1.94. The van der Waals surface area contributed by atoms with Crippen LogP contribution in [0.3, 0.4) is 0 Å². The van der Waals surface area contributed by atoms with Gasteiger partial charge >= 0.3 is 0 Å². The van der Waals surface area contributed by atoms with Crippen molar-refractivity contribution < 1.29 is 4.74 Å². The van der Waals surface area contributed by atoms with E-state index in [4.69, 9.17) is 10.5 Å². The summed E-state index contributed by atoms with van der Waals surface area (Å²) in [6.07, 6.45) is 6.02. The van der Waals surface area contributed by atoms with Crippen LogP contribution in [0.25, 0.3) is 0 Å². The molecule has 0 aliphatic heterocycles. The zero-order valence-corrected chi connectivity index (χ0v) is 8.59. The third kappa shape index (κ3) is 4.60. The highest BCUT2D eigenvalue weighted by molar-refractivity contribution is 4.79. The van der Waals surface area contributed by atoms with E-state index in [-0.39, 0.29) is 0 Å². The second kappa shape index (κ2) is 6.35. The minimum absolute atomic E-state index is 0.425. The zero-order valence-electron chi connectivity index (χ0n) is 8.59. The van der Waals surface area contributed by atoms with Gasteiger partial charge in [-0.25, -0.2) is 0 Å². The first-order valence-corrected chi connectivity index (χ1v) is 5.31. The van der Waals surface area contributed by atoms with E-state index in [2.05, 4.69) is 5.32 Å². The average Bonchev–Trinajstić information content (AvgIpc) is 2.13. The van der Waals surface area contributed by atoms with Crippen molar-refractivity contribution >= 4 is 0 Å². The van der Waals surface area contributed by atoms with Gasteiger partial charge in [0.1, 0.15) is 0 Å². The van der Waals surface area contributed by atoms with E-state index in [1.54, 1.807) is 7.11 Å². The van der Waals surface area contributed by atoms with Crippen LogP contribution in [-0.4, -0.2) is 32.3 Å². The van der Waals surface area contributed by atoms with Crippen LogP contribution in [0.5, 0.6) is 0 Å². The lowest BCUT2D eigenvalue weighted by Gasteiger charge is -2.27. The molecule has 0 radical (unpaired) electrons. The summed E-state index contributed by atoms with van der Waals surface area (Å²) in [5, 5.41) is 3.53. The summed E-state index contributed by atoms with van der Waals surface area (Å²) in [5.74, 6) is 0. The van der Waals surface area contributed by atoms with Gasteiger partial charge in [-0.3, -0.25) is 0 Å². The molecule has 0 bridgehead atoms. The Labute approximate surface area is 81.0 Å². The predicted molar refractivity (Wildman–Crippen MR) is 54.7 cm³/mol. The predicted octanol–water partition coefficient (Wildman–Crippen LogP) is 0.882. The Bertz CT molecular complexity index is 130. The van der Waals surface area contributed by atoms with Gasteiger partial charge in [0.15, 0.2) is 0 Å². The van der Waals surface area contributed by atoms with Gasteiger partial charge in [-0.05, 0) is 32.2 Å². The minimum atomic E-state index is 0.425. The molecule has 0 spiro atoms. The van der Waals surface area contributed by atoms with Gasteiger partial charge in [0.05, 0.1) is 0 Å². The highest BCUT2D eigenvalue weighted by Crippen LogP contribution is 2.16. The Morgan fingerprint density at radius 2 is 2.31 bits per heavy atom. The molecular formula is C10H22N2O. The molecule has 0 aromatic heterocycles. The normalized spacial score (nSPS) is 29.1. The molecule has 2 atom stereocenters. The molecule has 1 rings (SSSR count). The van der Waals surface area contributed by atoms with Crippen LogP contribution in [0.1, 0.15) is 32.1 Å². The summed E-state index contributed by atoms with van der Waals surface area (Å²) in [6, 6.07) is 1.08. The van der Waals surface area contributed by atoms with Gasteiger partial charge in [-0.2, -0.15) is 0 Å². The molecule has 0 heterocycles. The SMILES string of the molecule is COCCCNC1CCCC(N)C1. The van der Waals surface area contributed by atoms with E-state index in [0.717, 1.165) is 26.0 Å². The summed E-state index contributed by atoms with van der Waals surface area (Å²) in [5.41, 5.74) is 5.89. The van der Waals surface area contributed by atoms with Crippen molar-refractivity contribution in [2.45, 2.75) is 44.2 Å². The number of hydrogen-bond acceptors (Lipinski definition) is 3. The first kappa shape index (κ1) is 11.0. The van der Waals surface area contributed by atoms with E-state index >= 15 is 0 Å². The van der Waals surface area contributed by atoms with Crippen LogP contribution >= 0.6 is 0 Å². The van der Waals surface area contributed by atoms with E-state index in [9.17, 15) is 0 Å². The van der Waals surface area contributed by atoms with Gasteiger partial charge in [0, 0.05) is 25.8 Å². The lowest BCUT2D eigenvalue weighted by molar-refractivity contribution is 0.191. The van der Waals surface area contributed by atoms with Crippen LogP contribution in [0.2, 0.25) is 0 Å². The van der Waals surface area contributed by atoms with Gasteiger partial charge in [-0.15, -0.1) is 0 Å². The number of ether oxygens (including phenoxy) is 1. The number of hydrogen-bond donors (Lipinski definition) is 2. The third-order valence-electron chi connectivity index (χ3n) is 2.67. The Morgan fingerprint density at radius 1 is 1.46 bits per heavy atom. The summed E-state index contributed by atoms with van der Waals surface area (Å²) in [4.78, 5) is 0. The van der Waals surface area contributed by atoms with Crippen molar-refractivity contribution in [2.24, 2.45) is 5.73 Å². The van der Waals surface area contributed by atoms with Gasteiger partial charge in [-0.1, -0.05) is 6.42 Å². The molecule has 2 unspecified atom stereocenters. The van der Waals surface area contributed by atoms with E-state index in [0.29, 0.717) is 12.1 Å². The second-order valence-corrected chi connectivity index (χ2v) is 3.92. The Balaban J connectivity index is 2.00. The van der Waals surface area contributed by atoms with Crippen molar-refractivity contribution in [3.8, 4) is 0 Å². The first-order chi connectivity index (χ1) is 6.33. The summed E-state index contributed by atoms with van der Waals surface area (Å²) < 4.78 is 4.99. The fourth-order valence-electron chi connectivity index (χ4n) is 1.94. The molecule has 78 valence electrons. The van der Waals surface area contributed by atoms with Crippen molar-refractivity contribution in [3.05, 3.63) is 0 Å². The van der Waals surface area contributed by atoms with Crippen molar-refractivity contribution in [1.82, 2.24) is 5.32 Å². The lowest BCUT2D eigenvalue weighted by Crippen LogP contribution is -2.39. The molecule has 0 aromatic rings. The number of nitrogens with one attached hydrogen (secondary N) is 1. The minimum Gasteiger partial charge on any atom is -0.385 e. The van der Waals surface area contributed by atoms with Crippen LogP contribution < -0.4 is 11.1 Å². The van der Waals surface area contributed by atoms with Crippen molar-refractivity contribution in [1.29, 1.82) is 0 Å². The Morgan fingerprint density at radius 3 is 3.00 bits per heavy atom. The van der Waals surface area contributed by atoms with Crippen LogP contribution in [0, 0.1) is 0 Å². The summed E-state index contributed by atoms with van der Waals surface area (Å²) in [6.45, 7) is 1.91. The first-order valence-electron chi connectivity index (χ1n) is 5.31. The topological polar surface area (TPSA) is 47.3 Å². The maximum absolute atomic E-state index is 5.89. The molecule has 0 amide bonds. The van der Waals surface area contributed by atoms with Gasteiger partial charge < -0.3 is 15.8 Å². The van der Waals surface area contributed by atoms with E-state index < -0.39 is 0 Å². The van der Waals surface area contributed by atoms with E-state index in [1.807, 2.05) is 0 Å². The van der Waals surface area contributed by atoms with E-state index in [1.165, 1.54) is 19.3 Å². The molecule has 3 heteroatoms. The Kier molecular flexibility index (Phi) is 5.35. The third-order valence-corrected chi connectivity index (χ3v) is 2.67. The van der Waals surface area contributed by atoms with Crippen LogP contribution in [-0.2, 0) is 4.74 Å². The quantitative estimate of drug-likeness (QED) is 0.627. The van der Waals surface area contributed by atoms with Gasteiger partial charge in [0.25, 0.3) is 0 Å². The largest absolute Gasteiger partial charge is 0.385 e. The number of rotatable bonds is 5. The standard InChI is InChI=1S/C10H22N2O/c1-13-7-3-6-12-10-5-2-4-9(11)8-10/h9-10,12H,2-8,11H2,1H3. The highest BCUT2D eigenvalue weighted by Gasteiger charge is 2.17. The van der Waals surface area contributed by atoms with Gasteiger partial charge in [0.2, 0.25) is 0 Å². The molecule has 3 nitrogen and oxygen atoms in total. The molecule has 1 fully saturated rings. The Hall–Kier alpha value is -0.120. The zero-order chi connectivity index (χ0) is 9.52. The van der Waals surface area contributed by atoms with Crippen LogP contribution in [0.15, 0.2) is 0 Å². The van der Waals surface area contributed by atoms with Crippen molar-refractivity contribution in [2.75, 3.05) is 20.3 Å². The monoisotopic (exact) mass is 186 g/mol. The molecule has 3 N–H and O–H groups in total. The smallest absolute Gasteiger partial charge is 0.0474 e. The molecule has 13 heavy (non-hydrogen) atoms. The molecule has 1 saturated carbocycles. The molecular weight excluding hydrogens is 164 g/mol. The maximum atomic E-state index is 5.89. The van der Waals surface area contributed by atoms with Crippen molar-refractivity contribution in [3.63, 3.8) is 0 Å². The number of nitrogens with two attached hydrogens (primary N) is 1. The summed E-state index contributed by atoms with van der Waals surface area (Å²) in [7, 11) is 1.75. The lowest BCUT2D eigenvalue weighted by atomic mass is 9.91. The maximum Gasteiger partial charge on any atom is 0.0474 e. The molecule has 0 aromatic carbocycles. The average molecular weight is 186 g/mol. The number of methoxy groups -OCH3 is 1. The highest BCUT2D eigenvalue weighted by atomic mass is 16.5. The van der Waals surface area contributed by atoms with Crippen LogP contribution in [0.4, 0.5) is 0 Å². The second-order valence-electron chi connectivity index (χ2n) is 3.92. The fraction of sp³-hybridized carbons (Fsp3) is 1.00. The molecule has 1 aliphatic carbocycles. The molecule has 0 saturated heterocycles. The molecule has 1 aliphatic rings. The summed E-state index contributed by atoms with van der Waals surface area (Å²) >= 11 is 0.